The summed E-state index contributed by atoms with van der Waals surface area (Å²) in [5.74, 6) is 0.375. The molecule has 3 aliphatic rings. The molecule has 1 atom stereocenters. The molecule has 1 heterocycles. The van der Waals surface area contributed by atoms with Crippen molar-refractivity contribution in [2.24, 2.45) is 0 Å². The van der Waals surface area contributed by atoms with Crippen LogP contribution in [0.5, 0.6) is 0 Å². The number of rotatable bonds is 4. The maximum Gasteiger partial charge on any atom is 0.0512 e. The average Bonchev–Trinajstić information content (AvgIpc) is 3.36. The van der Waals surface area contributed by atoms with E-state index in [1.165, 1.54) is 95.0 Å². The van der Waals surface area contributed by atoms with Gasteiger partial charge in [0.2, 0.25) is 0 Å². The fraction of sp³-hybridized carbons (Fsp3) is 0.158. The van der Waals surface area contributed by atoms with Crippen molar-refractivity contribution in [1.29, 1.82) is 0 Å². The van der Waals surface area contributed by atoms with Crippen molar-refractivity contribution in [3.63, 3.8) is 0 Å². The van der Waals surface area contributed by atoms with Gasteiger partial charge in [0, 0.05) is 16.5 Å². The summed E-state index contributed by atoms with van der Waals surface area (Å²) in [7, 11) is 0. The Morgan fingerprint density at radius 3 is 1.59 bits per heavy atom. The van der Waals surface area contributed by atoms with Crippen molar-refractivity contribution < 1.29 is 0 Å². The molecule has 8 aromatic carbocycles. The molecule has 0 bridgehead atoms. The van der Waals surface area contributed by atoms with Crippen LogP contribution in [0.15, 0.2) is 182 Å². The van der Waals surface area contributed by atoms with Crippen molar-refractivity contribution in [2.75, 3.05) is 4.90 Å². The van der Waals surface area contributed by atoms with Gasteiger partial charge in [0.25, 0.3) is 0 Å². The van der Waals surface area contributed by atoms with E-state index in [-0.39, 0.29) is 10.8 Å². The Bertz CT molecular complexity index is 2860. The van der Waals surface area contributed by atoms with Gasteiger partial charge in [-0.05, 0) is 139 Å². The number of anilines is 3. The predicted molar refractivity (Wildman–Crippen MR) is 244 cm³/mol. The lowest BCUT2D eigenvalue weighted by molar-refractivity contribution is 0.566. The zero-order chi connectivity index (χ0) is 39.2. The zero-order valence-electron chi connectivity index (χ0n) is 33.8. The van der Waals surface area contributed by atoms with E-state index >= 15 is 0 Å². The largest absolute Gasteiger partial charge is 0.310 e. The molecule has 1 heteroatoms. The van der Waals surface area contributed by atoms with Gasteiger partial charge < -0.3 is 4.90 Å². The minimum absolute atomic E-state index is 0.246. The summed E-state index contributed by atoms with van der Waals surface area (Å²) < 4.78 is 0. The minimum Gasteiger partial charge on any atom is -0.310 e. The van der Waals surface area contributed by atoms with Crippen LogP contribution >= 0.6 is 0 Å². The van der Waals surface area contributed by atoms with Crippen LogP contribution in [0.4, 0.5) is 17.1 Å². The molecule has 58 heavy (non-hydrogen) atoms. The highest BCUT2D eigenvalue weighted by Crippen LogP contribution is 2.61. The third-order valence-electron chi connectivity index (χ3n) is 13.6. The summed E-state index contributed by atoms with van der Waals surface area (Å²) in [6.45, 7) is 9.99. The molecule has 0 amide bonds. The summed E-state index contributed by atoms with van der Waals surface area (Å²) in [5, 5.41) is 0. The van der Waals surface area contributed by atoms with E-state index in [0.29, 0.717) is 5.92 Å². The fourth-order valence-electron chi connectivity index (χ4n) is 10.9. The molecule has 0 saturated carbocycles. The van der Waals surface area contributed by atoms with E-state index in [0.717, 1.165) is 12.8 Å². The highest BCUT2D eigenvalue weighted by Gasteiger charge is 2.47. The molecule has 280 valence electrons. The molecule has 0 fully saturated rings. The van der Waals surface area contributed by atoms with Gasteiger partial charge in [0.1, 0.15) is 0 Å². The Labute approximate surface area is 343 Å². The normalized spacial score (nSPS) is 16.6. The molecule has 1 aliphatic heterocycles. The zero-order valence-corrected chi connectivity index (χ0v) is 33.8. The second-order valence-corrected chi connectivity index (χ2v) is 17.7. The Balaban J connectivity index is 1.23. The molecule has 0 spiro atoms. The number of hydrogen-bond acceptors (Lipinski definition) is 1. The first-order valence-corrected chi connectivity index (χ1v) is 20.9. The van der Waals surface area contributed by atoms with E-state index in [9.17, 15) is 0 Å². The Morgan fingerprint density at radius 2 is 0.914 bits per heavy atom. The van der Waals surface area contributed by atoms with E-state index in [1.807, 2.05) is 0 Å². The lowest BCUT2D eigenvalue weighted by Gasteiger charge is -2.47. The van der Waals surface area contributed by atoms with Crippen LogP contribution in [0.2, 0.25) is 0 Å². The Hall–Kier alpha value is -6.44. The van der Waals surface area contributed by atoms with Gasteiger partial charge in [-0.1, -0.05) is 173 Å². The van der Waals surface area contributed by atoms with Crippen LogP contribution in [0.3, 0.4) is 0 Å². The fourth-order valence-corrected chi connectivity index (χ4v) is 10.9. The van der Waals surface area contributed by atoms with E-state index < -0.39 is 0 Å². The third-order valence-corrected chi connectivity index (χ3v) is 13.6. The quantitative estimate of drug-likeness (QED) is 0.173. The minimum atomic E-state index is -0.298. The van der Waals surface area contributed by atoms with Crippen LogP contribution in [0, 0.1) is 0 Å². The monoisotopic (exact) mass is 745 g/mol. The summed E-state index contributed by atoms with van der Waals surface area (Å²) in [4.78, 5) is 2.59. The second-order valence-electron chi connectivity index (χ2n) is 17.7. The third kappa shape index (κ3) is 5.30. The van der Waals surface area contributed by atoms with Crippen LogP contribution in [0.1, 0.15) is 72.6 Å². The van der Waals surface area contributed by atoms with Crippen LogP contribution < -0.4 is 4.90 Å². The number of benzene rings is 8. The van der Waals surface area contributed by atoms with E-state index in [1.54, 1.807) is 5.56 Å². The summed E-state index contributed by atoms with van der Waals surface area (Å²) in [6.07, 6.45) is 2.07. The predicted octanol–water partition coefficient (Wildman–Crippen LogP) is 15.0. The first-order chi connectivity index (χ1) is 28.3. The molecular formula is C57H47N. The Morgan fingerprint density at radius 1 is 0.397 bits per heavy atom. The summed E-state index contributed by atoms with van der Waals surface area (Å²) in [6, 6.07) is 68.1. The number of hydrogen-bond donors (Lipinski definition) is 0. The molecule has 1 nitrogen and oxygen atoms in total. The SMILES string of the molecule is CC1(C)c2cc(-c3ccccc3)ccc2N(c2ccc(-c3ccccc3)cc2)c2cc3c4c(c21)C(C)(C)c1ccccc1CC4Cc1ccc(-c2ccccc2)cc1-3. The van der Waals surface area contributed by atoms with Gasteiger partial charge in [0.15, 0.2) is 0 Å². The molecule has 0 N–H and O–H groups in total. The van der Waals surface area contributed by atoms with Gasteiger partial charge in [-0.25, -0.2) is 0 Å². The molecule has 1 unspecified atom stereocenters. The van der Waals surface area contributed by atoms with Gasteiger partial charge in [-0.3, -0.25) is 0 Å². The summed E-state index contributed by atoms with van der Waals surface area (Å²) in [5.41, 5.74) is 23.7. The molecule has 2 aliphatic carbocycles. The Kier molecular flexibility index (Phi) is 7.82. The standard InChI is InChI=1S/C57H47N/c1-56(2)49-23-15-14-22-44(49)33-45-32-43-25-24-41(38-18-10-6-11-19-38)34-47(43)48-36-52-54(55(56)53(45)48)57(3,4)50-35-42(39-20-12-7-13-21-39)28-31-51(50)58(52)46-29-26-40(27-30-46)37-16-8-5-9-17-37/h5-31,34-36,45H,32-33H2,1-4H3. The van der Waals surface area contributed by atoms with Crippen molar-refractivity contribution >= 4 is 17.1 Å². The van der Waals surface area contributed by atoms with Crippen molar-refractivity contribution in [1.82, 2.24) is 0 Å². The van der Waals surface area contributed by atoms with Gasteiger partial charge in [-0.15, -0.1) is 0 Å². The number of nitrogens with zero attached hydrogens (tertiary/aromatic N) is 1. The highest BCUT2D eigenvalue weighted by atomic mass is 15.2. The molecule has 0 radical (unpaired) electrons. The van der Waals surface area contributed by atoms with Crippen molar-refractivity contribution in [2.45, 2.75) is 57.3 Å². The average molecular weight is 746 g/mol. The molecule has 11 rings (SSSR count). The smallest absolute Gasteiger partial charge is 0.0512 e. The topological polar surface area (TPSA) is 3.24 Å². The molecular weight excluding hydrogens is 699 g/mol. The second kappa shape index (κ2) is 13.0. The lowest BCUT2D eigenvalue weighted by Crippen LogP contribution is -2.36. The van der Waals surface area contributed by atoms with Crippen LogP contribution in [-0.4, -0.2) is 0 Å². The van der Waals surface area contributed by atoms with Gasteiger partial charge in [0.05, 0.1) is 11.4 Å². The maximum absolute atomic E-state index is 2.60. The number of fused-ring (bicyclic) bond motifs is 6. The van der Waals surface area contributed by atoms with Crippen LogP contribution in [0.25, 0.3) is 44.5 Å². The van der Waals surface area contributed by atoms with Crippen molar-refractivity contribution in [3.05, 3.63) is 221 Å². The molecule has 8 aromatic rings. The molecule has 0 saturated heterocycles. The van der Waals surface area contributed by atoms with E-state index in [2.05, 4.69) is 215 Å². The first kappa shape index (κ1) is 34.8. The van der Waals surface area contributed by atoms with Gasteiger partial charge in [-0.2, -0.15) is 0 Å². The lowest BCUT2D eigenvalue weighted by atomic mass is 9.62. The van der Waals surface area contributed by atoms with E-state index in [4.69, 9.17) is 0 Å². The highest BCUT2D eigenvalue weighted by molar-refractivity contribution is 5.94. The summed E-state index contributed by atoms with van der Waals surface area (Å²) >= 11 is 0. The molecule has 0 aromatic heterocycles. The maximum atomic E-state index is 2.60. The first-order valence-electron chi connectivity index (χ1n) is 20.9. The van der Waals surface area contributed by atoms with Gasteiger partial charge >= 0.3 is 0 Å². The van der Waals surface area contributed by atoms with Crippen molar-refractivity contribution in [3.8, 4) is 44.5 Å². The van der Waals surface area contributed by atoms with Crippen LogP contribution in [-0.2, 0) is 23.7 Å².